The summed E-state index contributed by atoms with van der Waals surface area (Å²) < 4.78 is 25.1. The third-order valence-corrected chi connectivity index (χ3v) is 4.91. The van der Waals surface area contributed by atoms with Crippen molar-refractivity contribution in [3.8, 4) is 5.75 Å². The lowest BCUT2D eigenvalue weighted by molar-refractivity contribution is -0.384. The summed E-state index contributed by atoms with van der Waals surface area (Å²) in [5.74, 6) is -1.31. The second-order valence-corrected chi connectivity index (χ2v) is 6.94. The van der Waals surface area contributed by atoms with Crippen LogP contribution < -0.4 is 9.54 Å². The van der Waals surface area contributed by atoms with Crippen molar-refractivity contribution in [2.75, 3.05) is 13.2 Å². The Morgan fingerprint density at radius 3 is 2.63 bits per heavy atom. The van der Waals surface area contributed by atoms with Crippen LogP contribution in [0.25, 0.3) is 10.2 Å². The van der Waals surface area contributed by atoms with Crippen LogP contribution in [0.5, 0.6) is 5.75 Å². The van der Waals surface area contributed by atoms with Crippen molar-refractivity contribution in [3.63, 3.8) is 0 Å². The fraction of sp³-hybridized carbons (Fsp3) is 0.211. The summed E-state index contributed by atoms with van der Waals surface area (Å²) in [5, 5.41) is 11.0. The minimum atomic E-state index is -0.641. The van der Waals surface area contributed by atoms with Crippen LogP contribution >= 0.6 is 11.3 Å². The maximum atomic E-state index is 12.9. The molecule has 30 heavy (non-hydrogen) atoms. The van der Waals surface area contributed by atoms with Gasteiger partial charge in [-0.3, -0.25) is 19.7 Å². The van der Waals surface area contributed by atoms with Crippen LogP contribution in [-0.4, -0.2) is 34.6 Å². The third kappa shape index (κ3) is 5.06. The molecule has 1 aromatic heterocycles. The molecule has 0 spiro atoms. The van der Waals surface area contributed by atoms with E-state index in [9.17, 15) is 24.1 Å². The first kappa shape index (κ1) is 21.1. The monoisotopic (exact) mass is 433 g/mol. The summed E-state index contributed by atoms with van der Waals surface area (Å²) in [4.78, 5) is 38.9. The molecule has 156 valence electrons. The number of fused-ring (bicyclic) bond motifs is 1. The highest BCUT2D eigenvalue weighted by Gasteiger charge is 2.15. The molecule has 11 heteroatoms. The number of hydrogen-bond donors (Lipinski definition) is 0. The number of aromatic nitrogens is 1. The van der Waals surface area contributed by atoms with Gasteiger partial charge in [0.15, 0.2) is 11.4 Å². The predicted octanol–water partition coefficient (Wildman–Crippen LogP) is 2.82. The molecule has 1 amide bonds. The van der Waals surface area contributed by atoms with E-state index in [1.165, 1.54) is 47.0 Å². The molecule has 3 rings (SSSR count). The van der Waals surface area contributed by atoms with Crippen LogP contribution in [0.15, 0.2) is 47.5 Å². The lowest BCUT2D eigenvalue weighted by atomic mass is 10.3. The van der Waals surface area contributed by atoms with Gasteiger partial charge < -0.3 is 14.0 Å². The first-order chi connectivity index (χ1) is 14.4. The average Bonchev–Trinajstić information content (AvgIpc) is 3.03. The van der Waals surface area contributed by atoms with E-state index in [2.05, 4.69) is 4.99 Å². The Balaban J connectivity index is 1.92. The van der Waals surface area contributed by atoms with Crippen LogP contribution in [0.2, 0.25) is 0 Å². The number of thiazole rings is 1. The first-order valence-electron chi connectivity index (χ1n) is 8.76. The van der Waals surface area contributed by atoms with Crippen molar-refractivity contribution in [1.29, 1.82) is 0 Å². The SMILES string of the molecule is CCOC(=O)Cn1c(=NC(=O)COc2ccc(F)cc2)sc2cc([N+](=O)[O-])ccc21. The lowest BCUT2D eigenvalue weighted by Gasteiger charge is -2.05. The number of amides is 1. The van der Waals surface area contributed by atoms with Gasteiger partial charge in [-0.2, -0.15) is 4.99 Å². The zero-order chi connectivity index (χ0) is 21.7. The van der Waals surface area contributed by atoms with Crippen molar-refractivity contribution in [2.45, 2.75) is 13.5 Å². The summed E-state index contributed by atoms with van der Waals surface area (Å²) in [5.41, 5.74) is 0.384. The Hall–Kier alpha value is -3.60. The second-order valence-electron chi connectivity index (χ2n) is 5.93. The highest BCUT2D eigenvalue weighted by atomic mass is 32.1. The molecule has 0 unspecified atom stereocenters. The van der Waals surface area contributed by atoms with Crippen LogP contribution in [0.4, 0.5) is 10.1 Å². The molecule has 0 aliphatic heterocycles. The molecule has 0 saturated heterocycles. The number of halogens is 1. The van der Waals surface area contributed by atoms with Crippen molar-refractivity contribution < 1.29 is 28.4 Å². The van der Waals surface area contributed by atoms with E-state index < -0.39 is 29.2 Å². The number of benzene rings is 2. The van der Waals surface area contributed by atoms with Crippen molar-refractivity contribution in [2.24, 2.45) is 4.99 Å². The first-order valence-corrected chi connectivity index (χ1v) is 9.58. The van der Waals surface area contributed by atoms with E-state index >= 15 is 0 Å². The van der Waals surface area contributed by atoms with E-state index in [0.29, 0.717) is 16.0 Å². The molecule has 1 heterocycles. The molecule has 0 radical (unpaired) electrons. The standard InChI is InChI=1S/C19H16FN3O6S/c1-2-28-18(25)10-22-15-8-5-13(23(26)27)9-16(15)30-19(22)21-17(24)11-29-14-6-3-12(20)4-7-14/h3-9H,2,10-11H2,1H3. The lowest BCUT2D eigenvalue weighted by Crippen LogP contribution is -2.24. The third-order valence-electron chi connectivity index (χ3n) is 3.87. The maximum Gasteiger partial charge on any atom is 0.326 e. The summed E-state index contributed by atoms with van der Waals surface area (Å²) in [6.07, 6.45) is 0. The van der Waals surface area contributed by atoms with Crippen LogP contribution in [-0.2, 0) is 20.9 Å². The molecule has 2 aromatic carbocycles. The van der Waals surface area contributed by atoms with Gasteiger partial charge in [-0.25, -0.2) is 4.39 Å². The molecule has 0 fully saturated rings. The number of nitro groups is 1. The van der Waals surface area contributed by atoms with Crippen LogP contribution in [0, 0.1) is 15.9 Å². The summed E-state index contributed by atoms with van der Waals surface area (Å²) in [6.45, 7) is 1.24. The van der Waals surface area contributed by atoms with Gasteiger partial charge in [-0.05, 0) is 37.3 Å². The largest absolute Gasteiger partial charge is 0.484 e. The minimum absolute atomic E-state index is 0.121. The van der Waals surface area contributed by atoms with Gasteiger partial charge in [-0.1, -0.05) is 11.3 Å². The van der Waals surface area contributed by atoms with Crippen LogP contribution in [0.3, 0.4) is 0 Å². The number of ether oxygens (including phenoxy) is 2. The smallest absolute Gasteiger partial charge is 0.326 e. The molecular weight excluding hydrogens is 417 g/mol. The molecular formula is C19H16FN3O6S. The van der Waals surface area contributed by atoms with Gasteiger partial charge in [0.05, 0.1) is 21.7 Å². The zero-order valence-corrected chi connectivity index (χ0v) is 16.6. The van der Waals surface area contributed by atoms with Crippen molar-refractivity contribution in [1.82, 2.24) is 4.57 Å². The summed E-state index contributed by atoms with van der Waals surface area (Å²) in [7, 11) is 0. The Labute approximate surface area is 173 Å². The number of carbonyl (C=O) groups excluding carboxylic acids is 2. The molecule has 0 aliphatic rings. The Bertz CT molecular complexity index is 1170. The topological polar surface area (TPSA) is 113 Å². The molecule has 0 atom stereocenters. The van der Waals surface area contributed by atoms with Gasteiger partial charge in [0, 0.05) is 12.1 Å². The Kier molecular flexibility index (Phi) is 6.52. The van der Waals surface area contributed by atoms with E-state index in [1.54, 1.807) is 6.92 Å². The predicted molar refractivity (Wildman–Crippen MR) is 106 cm³/mol. The average molecular weight is 433 g/mol. The van der Waals surface area contributed by atoms with Gasteiger partial charge in [0.25, 0.3) is 11.6 Å². The number of non-ortho nitro benzene ring substituents is 1. The number of esters is 1. The fourth-order valence-corrected chi connectivity index (χ4v) is 3.64. The number of nitro benzene ring substituents is 1. The van der Waals surface area contributed by atoms with Gasteiger partial charge in [-0.15, -0.1) is 0 Å². The molecule has 3 aromatic rings. The maximum absolute atomic E-state index is 12.9. The Morgan fingerprint density at radius 1 is 1.23 bits per heavy atom. The number of hydrogen-bond acceptors (Lipinski definition) is 7. The van der Waals surface area contributed by atoms with E-state index in [0.717, 1.165) is 11.3 Å². The highest BCUT2D eigenvalue weighted by molar-refractivity contribution is 7.16. The Morgan fingerprint density at radius 2 is 1.97 bits per heavy atom. The molecule has 0 bridgehead atoms. The molecule has 0 saturated carbocycles. The van der Waals surface area contributed by atoms with Crippen molar-refractivity contribution >= 4 is 39.1 Å². The fourth-order valence-electron chi connectivity index (χ4n) is 2.56. The van der Waals surface area contributed by atoms with Gasteiger partial charge in [0.1, 0.15) is 18.1 Å². The normalized spacial score (nSPS) is 11.5. The second kappa shape index (κ2) is 9.27. The number of rotatable bonds is 7. The van der Waals surface area contributed by atoms with Gasteiger partial charge >= 0.3 is 5.97 Å². The zero-order valence-electron chi connectivity index (χ0n) is 15.7. The number of carbonyl (C=O) groups is 2. The highest BCUT2D eigenvalue weighted by Crippen LogP contribution is 2.23. The van der Waals surface area contributed by atoms with E-state index in [1.807, 2.05) is 0 Å². The summed E-state index contributed by atoms with van der Waals surface area (Å²) >= 11 is 1.03. The van der Waals surface area contributed by atoms with E-state index in [-0.39, 0.29) is 23.6 Å². The van der Waals surface area contributed by atoms with Crippen molar-refractivity contribution in [3.05, 3.63) is 63.2 Å². The molecule has 9 nitrogen and oxygen atoms in total. The number of nitrogens with zero attached hydrogens (tertiary/aromatic N) is 3. The minimum Gasteiger partial charge on any atom is -0.484 e. The van der Waals surface area contributed by atoms with E-state index in [4.69, 9.17) is 9.47 Å². The quantitative estimate of drug-likeness (QED) is 0.322. The van der Waals surface area contributed by atoms with Crippen LogP contribution in [0.1, 0.15) is 6.92 Å². The summed E-state index contributed by atoms with van der Waals surface area (Å²) in [6, 6.07) is 9.29. The molecule has 0 aliphatic carbocycles. The molecule has 0 N–H and O–H groups in total. The van der Waals surface area contributed by atoms with Gasteiger partial charge in [0.2, 0.25) is 0 Å².